The van der Waals surface area contributed by atoms with Crippen molar-refractivity contribution in [2.45, 2.75) is 25.5 Å². The standard InChI is InChI=1S/C11H22N2O2/c1-9-7-13(3-5-15-9)11(6-12)10-2-4-14-8-10/h9-11H,2-8,12H2,1H3. The van der Waals surface area contributed by atoms with Crippen LogP contribution in [0.1, 0.15) is 13.3 Å². The highest BCUT2D eigenvalue weighted by molar-refractivity contribution is 4.85. The predicted octanol–water partition coefficient (Wildman–Crippen LogP) is 0.0709. The maximum Gasteiger partial charge on any atom is 0.0674 e. The summed E-state index contributed by atoms with van der Waals surface area (Å²) in [7, 11) is 0. The van der Waals surface area contributed by atoms with Gasteiger partial charge in [0.1, 0.15) is 0 Å². The van der Waals surface area contributed by atoms with Crippen LogP contribution in [0.25, 0.3) is 0 Å². The molecular formula is C11H22N2O2. The molecule has 2 N–H and O–H groups in total. The van der Waals surface area contributed by atoms with Gasteiger partial charge >= 0.3 is 0 Å². The first-order valence-electron chi connectivity index (χ1n) is 5.94. The first kappa shape index (κ1) is 11.3. The summed E-state index contributed by atoms with van der Waals surface area (Å²) in [6.45, 7) is 7.52. The highest BCUT2D eigenvalue weighted by Gasteiger charge is 2.31. The third-order valence-corrected chi connectivity index (χ3v) is 3.49. The predicted molar refractivity (Wildman–Crippen MR) is 58.8 cm³/mol. The van der Waals surface area contributed by atoms with Gasteiger partial charge in [-0.05, 0) is 13.3 Å². The smallest absolute Gasteiger partial charge is 0.0674 e. The van der Waals surface area contributed by atoms with Crippen LogP contribution in [0.2, 0.25) is 0 Å². The quantitative estimate of drug-likeness (QED) is 0.722. The molecule has 0 saturated carbocycles. The van der Waals surface area contributed by atoms with Crippen molar-refractivity contribution in [2.24, 2.45) is 11.7 Å². The van der Waals surface area contributed by atoms with E-state index in [4.69, 9.17) is 15.2 Å². The molecule has 4 nitrogen and oxygen atoms in total. The van der Waals surface area contributed by atoms with E-state index in [2.05, 4.69) is 11.8 Å². The van der Waals surface area contributed by atoms with Gasteiger partial charge in [-0.2, -0.15) is 0 Å². The van der Waals surface area contributed by atoms with Gasteiger partial charge in [-0.25, -0.2) is 0 Å². The fourth-order valence-corrected chi connectivity index (χ4v) is 2.64. The van der Waals surface area contributed by atoms with E-state index in [0.717, 1.165) is 45.9 Å². The number of nitrogens with zero attached hydrogens (tertiary/aromatic N) is 1. The highest BCUT2D eigenvalue weighted by atomic mass is 16.5. The number of ether oxygens (including phenoxy) is 2. The van der Waals surface area contributed by atoms with Crippen molar-refractivity contribution in [1.82, 2.24) is 4.90 Å². The van der Waals surface area contributed by atoms with Crippen LogP contribution in [0.3, 0.4) is 0 Å². The van der Waals surface area contributed by atoms with Gasteiger partial charge in [0.15, 0.2) is 0 Å². The van der Waals surface area contributed by atoms with Crippen molar-refractivity contribution in [3.8, 4) is 0 Å². The first-order valence-corrected chi connectivity index (χ1v) is 5.94. The Morgan fingerprint density at radius 3 is 2.93 bits per heavy atom. The SMILES string of the molecule is CC1CN(C(CN)C2CCOC2)CCO1. The Kier molecular flexibility index (Phi) is 3.97. The topological polar surface area (TPSA) is 47.7 Å². The van der Waals surface area contributed by atoms with Crippen LogP contribution in [-0.2, 0) is 9.47 Å². The molecule has 2 heterocycles. The van der Waals surface area contributed by atoms with Crippen LogP contribution < -0.4 is 5.73 Å². The molecule has 15 heavy (non-hydrogen) atoms. The number of hydrogen-bond acceptors (Lipinski definition) is 4. The summed E-state index contributed by atoms with van der Waals surface area (Å²) in [4.78, 5) is 2.48. The molecule has 0 aliphatic carbocycles. The molecule has 88 valence electrons. The Bertz CT molecular complexity index is 195. The van der Waals surface area contributed by atoms with Gasteiger partial charge in [0.2, 0.25) is 0 Å². The molecule has 0 aromatic heterocycles. The van der Waals surface area contributed by atoms with E-state index < -0.39 is 0 Å². The van der Waals surface area contributed by atoms with Crippen molar-refractivity contribution in [3.63, 3.8) is 0 Å². The third kappa shape index (κ3) is 2.69. The molecule has 0 aromatic carbocycles. The first-order chi connectivity index (χ1) is 7.31. The van der Waals surface area contributed by atoms with Gasteiger partial charge in [0.25, 0.3) is 0 Å². The monoisotopic (exact) mass is 214 g/mol. The summed E-state index contributed by atoms with van der Waals surface area (Å²) >= 11 is 0. The molecule has 0 aromatic rings. The number of hydrogen-bond donors (Lipinski definition) is 1. The largest absolute Gasteiger partial charge is 0.381 e. The zero-order chi connectivity index (χ0) is 10.7. The van der Waals surface area contributed by atoms with Crippen molar-refractivity contribution < 1.29 is 9.47 Å². The molecule has 2 aliphatic heterocycles. The van der Waals surface area contributed by atoms with Gasteiger partial charge in [0, 0.05) is 38.2 Å². The molecule has 0 radical (unpaired) electrons. The molecule has 2 saturated heterocycles. The van der Waals surface area contributed by atoms with Crippen LogP contribution in [0.5, 0.6) is 0 Å². The van der Waals surface area contributed by atoms with Gasteiger partial charge in [-0.15, -0.1) is 0 Å². The number of morpholine rings is 1. The van der Waals surface area contributed by atoms with Crippen LogP contribution in [0.15, 0.2) is 0 Å². The number of nitrogens with two attached hydrogens (primary N) is 1. The third-order valence-electron chi connectivity index (χ3n) is 3.49. The molecule has 2 aliphatic rings. The summed E-state index contributed by atoms with van der Waals surface area (Å²) in [5, 5.41) is 0. The Balaban J connectivity index is 1.92. The minimum Gasteiger partial charge on any atom is -0.381 e. The van der Waals surface area contributed by atoms with Gasteiger partial charge in [0.05, 0.1) is 19.3 Å². The zero-order valence-electron chi connectivity index (χ0n) is 9.52. The van der Waals surface area contributed by atoms with Crippen LogP contribution in [0, 0.1) is 5.92 Å². The maximum absolute atomic E-state index is 5.89. The Hall–Kier alpha value is -0.160. The lowest BCUT2D eigenvalue weighted by Crippen LogP contribution is -2.52. The van der Waals surface area contributed by atoms with E-state index >= 15 is 0 Å². The minimum atomic E-state index is 0.343. The lowest BCUT2D eigenvalue weighted by atomic mass is 9.97. The fourth-order valence-electron chi connectivity index (χ4n) is 2.64. The zero-order valence-corrected chi connectivity index (χ0v) is 9.52. The molecule has 0 spiro atoms. The van der Waals surface area contributed by atoms with Crippen molar-refractivity contribution >= 4 is 0 Å². The molecule has 0 amide bonds. The Morgan fingerprint density at radius 2 is 2.33 bits per heavy atom. The molecule has 2 fully saturated rings. The average Bonchev–Trinajstić information content (AvgIpc) is 2.72. The minimum absolute atomic E-state index is 0.343. The Labute approximate surface area is 91.7 Å². The van der Waals surface area contributed by atoms with Crippen molar-refractivity contribution in [2.75, 3.05) is 39.5 Å². The molecule has 3 atom stereocenters. The van der Waals surface area contributed by atoms with Crippen LogP contribution >= 0.6 is 0 Å². The van der Waals surface area contributed by atoms with Gasteiger partial charge < -0.3 is 15.2 Å². The maximum atomic E-state index is 5.89. The normalized spacial score (nSPS) is 35.6. The lowest BCUT2D eigenvalue weighted by Gasteiger charge is -2.39. The summed E-state index contributed by atoms with van der Waals surface area (Å²) in [6, 6.07) is 0.485. The van der Waals surface area contributed by atoms with Crippen molar-refractivity contribution in [1.29, 1.82) is 0 Å². The summed E-state index contributed by atoms with van der Waals surface area (Å²) < 4.78 is 11.0. The highest BCUT2D eigenvalue weighted by Crippen LogP contribution is 2.22. The van der Waals surface area contributed by atoms with Crippen LogP contribution in [0.4, 0.5) is 0 Å². The second kappa shape index (κ2) is 5.25. The van der Waals surface area contributed by atoms with Crippen molar-refractivity contribution in [3.05, 3.63) is 0 Å². The molecule has 0 bridgehead atoms. The van der Waals surface area contributed by atoms with Gasteiger partial charge in [-0.1, -0.05) is 0 Å². The average molecular weight is 214 g/mol. The number of rotatable bonds is 3. The van der Waals surface area contributed by atoms with E-state index in [9.17, 15) is 0 Å². The summed E-state index contributed by atoms with van der Waals surface area (Å²) in [5.74, 6) is 0.625. The Morgan fingerprint density at radius 1 is 1.47 bits per heavy atom. The molecule has 3 unspecified atom stereocenters. The van der Waals surface area contributed by atoms with Gasteiger partial charge in [-0.3, -0.25) is 4.90 Å². The second-order valence-electron chi connectivity index (χ2n) is 4.60. The fraction of sp³-hybridized carbons (Fsp3) is 1.00. The summed E-state index contributed by atoms with van der Waals surface area (Å²) in [6.07, 6.45) is 1.50. The molecular weight excluding hydrogens is 192 g/mol. The molecule has 4 heteroatoms. The molecule has 2 rings (SSSR count). The van der Waals surface area contributed by atoms with E-state index in [1.807, 2.05) is 0 Å². The van der Waals surface area contributed by atoms with E-state index in [1.54, 1.807) is 0 Å². The second-order valence-corrected chi connectivity index (χ2v) is 4.60. The van der Waals surface area contributed by atoms with E-state index in [-0.39, 0.29) is 0 Å². The van der Waals surface area contributed by atoms with Crippen LogP contribution in [-0.4, -0.2) is 56.5 Å². The van der Waals surface area contributed by atoms with E-state index in [1.165, 1.54) is 0 Å². The van der Waals surface area contributed by atoms with E-state index in [0.29, 0.717) is 18.1 Å². The lowest BCUT2D eigenvalue weighted by molar-refractivity contribution is -0.0422. The summed E-state index contributed by atoms with van der Waals surface area (Å²) in [5.41, 5.74) is 5.89.